The number of alkyl halides is 2. The summed E-state index contributed by atoms with van der Waals surface area (Å²) < 4.78 is 30.1. The van der Waals surface area contributed by atoms with Crippen LogP contribution in [0.3, 0.4) is 0 Å². The third-order valence-corrected chi connectivity index (χ3v) is 4.84. The van der Waals surface area contributed by atoms with Crippen LogP contribution in [0.1, 0.15) is 60.7 Å². The Bertz CT molecular complexity index is 1010. The number of aromatic nitrogens is 3. The summed E-state index contributed by atoms with van der Waals surface area (Å²) in [5.41, 5.74) is 2.81. The number of carbonyl (C=O) groups is 1. The molecule has 2 aromatic carbocycles. The van der Waals surface area contributed by atoms with Crippen molar-refractivity contribution in [2.45, 2.75) is 52.0 Å². The summed E-state index contributed by atoms with van der Waals surface area (Å²) in [6.07, 6.45) is 1.45. The Kier molecular flexibility index (Phi) is 6.59. The molecule has 0 amide bonds. The van der Waals surface area contributed by atoms with Gasteiger partial charge in [-0.25, -0.2) is 14.5 Å². The van der Waals surface area contributed by atoms with Gasteiger partial charge in [-0.15, -0.1) is 5.10 Å². The summed E-state index contributed by atoms with van der Waals surface area (Å²) in [4.78, 5) is 15.3. The summed E-state index contributed by atoms with van der Waals surface area (Å²) in [5.74, 6) is -3.85. The summed E-state index contributed by atoms with van der Waals surface area (Å²) in [7, 11) is 0. The van der Waals surface area contributed by atoms with E-state index in [4.69, 9.17) is 5.11 Å². The number of aryl methyl sites for hydroxylation is 1. The molecule has 3 rings (SSSR count). The van der Waals surface area contributed by atoms with Gasteiger partial charge in [0.2, 0.25) is 5.82 Å². The fourth-order valence-corrected chi connectivity index (χ4v) is 3.30. The lowest BCUT2D eigenvalue weighted by Crippen LogP contribution is -2.15. The quantitative estimate of drug-likeness (QED) is 0.500. The number of carboxylic acid groups (broad SMARTS) is 1. The van der Waals surface area contributed by atoms with Crippen molar-refractivity contribution in [1.82, 2.24) is 14.8 Å². The molecule has 30 heavy (non-hydrogen) atoms. The molecule has 3 aromatic rings. The second-order valence-electron chi connectivity index (χ2n) is 7.30. The van der Waals surface area contributed by atoms with Crippen molar-refractivity contribution in [2.75, 3.05) is 0 Å². The van der Waals surface area contributed by atoms with E-state index in [2.05, 4.69) is 10.1 Å². The first-order chi connectivity index (χ1) is 14.3. The molecule has 0 saturated carbocycles. The van der Waals surface area contributed by atoms with E-state index in [1.807, 2.05) is 37.3 Å². The Balaban J connectivity index is 1.84. The van der Waals surface area contributed by atoms with Crippen LogP contribution in [0.25, 0.3) is 11.1 Å². The summed E-state index contributed by atoms with van der Waals surface area (Å²) >= 11 is 0. The SMILES string of the molecule is CCCc1nc(C(F)(F)CCC)nn1Cc1ccc(-c2cccc(C(=O)O)c2)cc1. The van der Waals surface area contributed by atoms with E-state index in [0.717, 1.165) is 23.1 Å². The lowest BCUT2D eigenvalue weighted by atomic mass is 10.0. The van der Waals surface area contributed by atoms with Gasteiger partial charge in [-0.1, -0.05) is 50.2 Å². The molecule has 0 atom stereocenters. The molecule has 0 unspecified atom stereocenters. The van der Waals surface area contributed by atoms with Crippen molar-refractivity contribution in [3.8, 4) is 11.1 Å². The van der Waals surface area contributed by atoms with Crippen LogP contribution in [-0.2, 0) is 18.9 Å². The predicted molar refractivity (Wildman–Crippen MR) is 111 cm³/mol. The summed E-state index contributed by atoms with van der Waals surface area (Å²) in [5, 5.41) is 13.3. The lowest BCUT2D eigenvalue weighted by molar-refractivity contribution is -0.0232. The van der Waals surface area contributed by atoms with Gasteiger partial charge in [-0.2, -0.15) is 8.78 Å². The minimum Gasteiger partial charge on any atom is -0.478 e. The Morgan fingerprint density at radius 2 is 1.80 bits per heavy atom. The second-order valence-corrected chi connectivity index (χ2v) is 7.30. The van der Waals surface area contributed by atoms with Gasteiger partial charge in [-0.3, -0.25) is 0 Å². The molecule has 0 aliphatic rings. The number of nitrogens with zero attached hydrogens (tertiary/aromatic N) is 3. The normalized spacial score (nSPS) is 11.6. The molecule has 7 heteroatoms. The molecule has 5 nitrogen and oxygen atoms in total. The lowest BCUT2D eigenvalue weighted by Gasteiger charge is -2.10. The van der Waals surface area contributed by atoms with Crippen LogP contribution in [0.2, 0.25) is 0 Å². The highest BCUT2D eigenvalue weighted by Crippen LogP contribution is 2.31. The van der Waals surface area contributed by atoms with Gasteiger partial charge in [0.05, 0.1) is 12.1 Å². The van der Waals surface area contributed by atoms with E-state index in [0.29, 0.717) is 25.2 Å². The van der Waals surface area contributed by atoms with Crippen molar-refractivity contribution in [1.29, 1.82) is 0 Å². The first-order valence-electron chi connectivity index (χ1n) is 10.1. The Hall–Kier alpha value is -3.09. The monoisotopic (exact) mass is 413 g/mol. The van der Waals surface area contributed by atoms with E-state index >= 15 is 0 Å². The molecule has 0 fully saturated rings. The number of benzene rings is 2. The number of halogens is 2. The number of rotatable bonds is 9. The van der Waals surface area contributed by atoms with Crippen LogP contribution in [0.5, 0.6) is 0 Å². The zero-order valence-electron chi connectivity index (χ0n) is 17.1. The van der Waals surface area contributed by atoms with Crippen LogP contribution >= 0.6 is 0 Å². The van der Waals surface area contributed by atoms with Gasteiger partial charge in [-0.05, 0) is 41.7 Å². The zero-order valence-corrected chi connectivity index (χ0v) is 17.1. The van der Waals surface area contributed by atoms with Crippen molar-refractivity contribution in [2.24, 2.45) is 0 Å². The number of carboxylic acids is 1. The Labute approximate surface area is 174 Å². The molecule has 0 saturated heterocycles. The van der Waals surface area contributed by atoms with Gasteiger partial charge < -0.3 is 5.11 Å². The van der Waals surface area contributed by atoms with Gasteiger partial charge >= 0.3 is 11.9 Å². The largest absolute Gasteiger partial charge is 0.478 e. The van der Waals surface area contributed by atoms with Crippen molar-refractivity contribution >= 4 is 5.97 Å². The van der Waals surface area contributed by atoms with Gasteiger partial charge in [0.25, 0.3) is 0 Å². The maximum Gasteiger partial charge on any atom is 0.335 e. The average molecular weight is 413 g/mol. The molecule has 1 N–H and O–H groups in total. The van der Waals surface area contributed by atoms with Crippen molar-refractivity contribution in [3.63, 3.8) is 0 Å². The third kappa shape index (κ3) is 4.90. The predicted octanol–water partition coefficient (Wildman–Crippen LogP) is 5.54. The van der Waals surface area contributed by atoms with Crippen LogP contribution in [0.15, 0.2) is 48.5 Å². The van der Waals surface area contributed by atoms with Crippen LogP contribution < -0.4 is 0 Å². The Morgan fingerprint density at radius 1 is 1.07 bits per heavy atom. The molecule has 1 aromatic heterocycles. The second kappa shape index (κ2) is 9.15. The molecule has 0 aliphatic heterocycles. The number of aromatic carboxylic acids is 1. The molecular weight excluding hydrogens is 388 g/mol. The molecule has 158 valence electrons. The number of hydrogen-bond acceptors (Lipinski definition) is 3. The average Bonchev–Trinajstić information content (AvgIpc) is 3.12. The van der Waals surface area contributed by atoms with Crippen molar-refractivity contribution < 1.29 is 18.7 Å². The fraction of sp³-hybridized carbons (Fsp3) is 0.348. The highest BCUT2D eigenvalue weighted by molar-refractivity contribution is 5.89. The maximum atomic E-state index is 14.3. The van der Waals surface area contributed by atoms with Gasteiger partial charge in [0.1, 0.15) is 5.82 Å². The van der Waals surface area contributed by atoms with Crippen LogP contribution in [0, 0.1) is 0 Å². The highest BCUT2D eigenvalue weighted by Gasteiger charge is 2.36. The highest BCUT2D eigenvalue weighted by atomic mass is 19.3. The summed E-state index contributed by atoms with van der Waals surface area (Å²) in [6.45, 7) is 4.04. The molecule has 0 radical (unpaired) electrons. The van der Waals surface area contributed by atoms with E-state index in [1.165, 1.54) is 0 Å². The zero-order chi connectivity index (χ0) is 21.7. The van der Waals surface area contributed by atoms with E-state index in [-0.39, 0.29) is 12.0 Å². The molecular formula is C23H25F2N3O2. The summed E-state index contributed by atoms with van der Waals surface area (Å²) in [6, 6.07) is 14.3. The molecule has 0 spiro atoms. The smallest absolute Gasteiger partial charge is 0.335 e. The first kappa shape index (κ1) is 21.6. The van der Waals surface area contributed by atoms with E-state index < -0.39 is 17.7 Å². The van der Waals surface area contributed by atoms with Gasteiger partial charge in [0.15, 0.2) is 0 Å². The third-order valence-electron chi connectivity index (χ3n) is 4.84. The Morgan fingerprint density at radius 3 is 2.43 bits per heavy atom. The molecule has 0 aliphatic carbocycles. The molecule has 1 heterocycles. The fourth-order valence-electron chi connectivity index (χ4n) is 3.30. The number of hydrogen-bond donors (Lipinski definition) is 1. The van der Waals surface area contributed by atoms with Crippen LogP contribution in [-0.4, -0.2) is 25.8 Å². The first-order valence-corrected chi connectivity index (χ1v) is 10.1. The van der Waals surface area contributed by atoms with Crippen molar-refractivity contribution in [3.05, 3.63) is 71.3 Å². The molecule has 0 bridgehead atoms. The van der Waals surface area contributed by atoms with Crippen LogP contribution in [0.4, 0.5) is 8.78 Å². The minimum absolute atomic E-state index is 0.226. The standard InChI is InChI=1S/C23H25F2N3O2/c1-3-6-20-26-22(23(24,25)13-4-2)27-28(20)15-16-9-11-17(12-10-16)18-7-5-8-19(14-18)21(29)30/h5,7-12,14H,3-4,6,13,15H2,1-2H3,(H,29,30). The maximum absolute atomic E-state index is 14.3. The topological polar surface area (TPSA) is 68.0 Å². The van der Waals surface area contributed by atoms with E-state index in [9.17, 15) is 13.6 Å². The van der Waals surface area contributed by atoms with E-state index in [1.54, 1.807) is 29.8 Å². The minimum atomic E-state index is -3.03. The van der Waals surface area contributed by atoms with Gasteiger partial charge in [0, 0.05) is 12.8 Å².